The Hall–Kier alpha value is -4.94. The van der Waals surface area contributed by atoms with Crippen LogP contribution in [0.25, 0.3) is 11.1 Å². The van der Waals surface area contributed by atoms with Crippen molar-refractivity contribution in [1.82, 2.24) is 5.32 Å². The second-order valence-electron chi connectivity index (χ2n) is 9.83. The number of rotatable bonds is 4. The van der Waals surface area contributed by atoms with E-state index in [9.17, 15) is 44.7 Å². The number of hydrogen-bond acceptors (Lipinski definition) is 11. The van der Waals surface area contributed by atoms with Crippen molar-refractivity contribution in [3.8, 4) is 34.1 Å². The quantitative estimate of drug-likeness (QED) is 0.198. The zero-order valence-corrected chi connectivity index (χ0v) is 22.2. The molecule has 0 aromatic heterocycles. The number of carbonyl (C=O) groups excluding carboxylic acids is 4. The smallest absolute Gasteiger partial charge is 0.328 e. The van der Waals surface area contributed by atoms with Gasteiger partial charge in [-0.1, -0.05) is 6.07 Å². The zero-order valence-electron chi connectivity index (χ0n) is 22.2. The summed E-state index contributed by atoms with van der Waals surface area (Å²) in [6.07, 6.45) is -3.37. The molecule has 3 aromatic rings. The summed E-state index contributed by atoms with van der Waals surface area (Å²) in [5.74, 6) is -5.23. The van der Waals surface area contributed by atoms with Gasteiger partial charge in [0.25, 0.3) is 5.91 Å². The molecule has 0 saturated heterocycles. The molecule has 0 aliphatic heterocycles. The maximum Gasteiger partial charge on any atom is 0.328 e. The van der Waals surface area contributed by atoms with Gasteiger partial charge < -0.3 is 40.3 Å². The number of nitrogens with one attached hydrogen (secondary N) is 1. The number of benzene rings is 3. The molecule has 0 bridgehead atoms. The molecule has 0 spiro atoms. The zero-order chi connectivity index (χ0) is 30.1. The summed E-state index contributed by atoms with van der Waals surface area (Å²) in [4.78, 5) is 52.0. The van der Waals surface area contributed by atoms with Crippen molar-refractivity contribution >= 4 is 23.4 Å². The van der Waals surface area contributed by atoms with Crippen LogP contribution in [0.4, 0.5) is 0 Å². The van der Waals surface area contributed by atoms with Crippen LogP contribution in [0.15, 0.2) is 24.3 Å². The Balaban J connectivity index is 1.77. The number of aromatic hydroxyl groups is 3. The molecule has 2 aliphatic rings. The summed E-state index contributed by atoms with van der Waals surface area (Å²) in [6, 6.07) is 3.73. The van der Waals surface area contributed by atoms with Gasteiger partial charge in [0.05, 0.1) is 30.9 Å². The van der Waals surface area contributed by atoms with Crippen molar-refractivity contribution in [2.24, 2.45) is 0 Å². The minimum absolute atomic E-state index is 0.0536. The highest BCUT2D eigenvalue weighted by atomic mass is 16.5. The number of carbonyl (C=O) groups is 4. The number of ether oxygens (including phenoxy) is 2. The van der Waals surface area contributed by atoms with Crippen molar-refractivity contribution in [2.45, 2.75) is 32.1 Å². The third-order valence-corrected chi connectivity index (χ3v) is 7.45. The number of amides is 1. The lowest BCUT2D eigenvalue weighted by Gasteiger charge is -2.33. The molecule has 212 valence electrons. The van der Waals surface area contributed by atoms with Crippen molar-refractivity contribution in [2.75, 3.05) is 14.2 Å². The van der Waals surface area contributed by atoms with Gasteiger partial charge >= 0.3 is 5.97 Å². The lowest BCUT2D eigenvalue weighted by atomic mass is 9.74. The molecule has 3 atom stereocenters. The van der Waals surface area contributed by atoms with Crippen LogP contribution >= 0.6 is 0 Å². The number of phenols is 3. The molecular weight excluding hydrogens is 538 g/mol. The van der Waals surface area contributed by atoms with Crippen LogP contribution in [-0.4, -0.2) is 69.2 Å². The number of methoxy groups -OCH3 is 2. The Labute approximate surface area is 232 Å². The van der Waals surface area contributed by atoms with E-state index in [0.29, 0.717) is 0 Å². The SMILES string of the molecule is COC(=O)[C@@H](C)NC(=O)c1c(C)cc2c(c1O)-c1c(cc3c(c1O)C(=O)c1cc(OC)cc(O)c1C3=O)[C@H](O)[C@H]2O. The minimum atomic E-state index is -1.71. The number of phenolic OH excluding ortho intramolecular Hbond substituents is 3. The molecule has 3 aromatic carbocycles. The van der Waals surface area contributed by atoms with E-state index in [4.69, 9.17) is 4.74 Å². The standard InChI is InChI=1S/C29H25NO11/c1-9-5-12-19(26(36)17(9)28(38)30-10(2)29(39)41-4)20-14(25(35)24(12)34)8-15-21(27(20)37)23(33)13-6-11(40-3)7-16(31)18(13)22(15)32/h5-8,10,24-25,31,34-37H,1-4H3,(H,30,38)/t10-,24+,25+/m1/s1. The van der Waals surface area contributed by atoms with Crippen LogP contribution in [0, 0.1) is 6.92 Å². The van der Waals surface area contributed by atoms with E-state index in [1.807, 2.05) is 0 Å². The molecule has 0 radical (unpaired) electrons. The first-order valence-corrected chi connectivity index (χ1v) is 12.4. The van der Waals surface area contributed by atoms with Gasteiger partial charge in [0.1, 0.15) is 41.2 Å². The summed E-state index contributed by atoms with van der Waals surface area (Å²) < 4.78 is 9.70. The summed E-state index contributed by atoms with van der Waals surface area (Å²) in [7, 11) is 2.44. The Morgan fingerprint density at radius 2 is 1.39 bits per heavy atom. The molecule has 1 amide bonds. The van der Waals surface area contributed by atoms with Gasteiger partial charge in [-0.25, -0.2) is 4.79 Å². The van der Waals surface area contributed by atoms with Crippen LogP contribution < -0.4 is 10.1 Å². The topological polar surface area (TPSA) is 200 Å². The first-order valence-electron chi connectivity index (χ1n) is 12.4. The van der Waals surface area contributed by atoms with Gasteiger partial charge in [-0.15, -0.1) is 0 Å². The Morgan fingerprint density at radius 1 is 0.829 bits per heavy atom. The predicted molar refractivity (Wildman–Crippen MR) is 140 cm³/mol. The van der Waals surface area contributed by atoms with E-state index >= 15 is 0 Å². The second kappa shape index (κ2) is 9.61. The fraction of sp³-hybridized carbons (Fsp3) is 0.241. The molecular formula is C29H25NO11. The van der Waals surface area contributed by atoms with Crippen molar-refractivity contribution in [1.29, 1.82) is 0 Å². The molecule has 0 saturated carbocycles. The van der Waals surface area contributed by atoms with Gasteiger partial charge in [-0.3, -0.25) is 14.4 Å². The van der Waals surface area contributed by atoms with E-state index < -0.39 is 64.5 Å². The van der Waals surface area contributed by atoms with E-state index in [1.54, 1.807) is 0 Å². The number of aryl methyl sites for hydroxylation is 1. The highest BCUT2D eigenvalue weighted by Crippen LogP contribution is 2.55. The molecule has 0 fully saturated rings. The largest absolute Gasteiger partial charge is 0.507 e. The fourth-order valence-corrected chi connectivity index (χ4v) is 5.45. The monoisotopic (exact) mass is 563 g/mol. The molecule has 0 heterocycles. The number of aliphatic hydroxyl groups is 2. The summed E-state index contributed by atoms with van der Waals surface area (Å²) in [6.45, 7) is 2.83. The maximum absolute atomic E-state index is 13.6. The predicted octanol–water partition coefficient (Wildman–Crippen LogP) is 1.93. The summed E-state index contributed by atoms with van der Waals surface area (Å²) in [5.41, 5.74) is -2.28. The van der Waals surface area contributed by atoms with Gasteiger partial charge in [0, 0.05) is 28.3 Å². The average molecular weight is 564 g/mol. The van der Waals surface area contributed by atoms with Crippen LogP contribution in [0.2, 0.25) is 0 Å². The van der Waals surface area contributed by atoms with Gasteiger partial charge in [0.15, 0.2) is 11.6 Å². The number of ketones is 2. The van der Waals surface area contributed by atoms with E-state index in [0.717, 1.165) is 19.2 Å². The minimum Gasteiger partial charge on any atom is -0.507 e. The molecule has 0 unspecified atom stereocenters. The first kappa shape index (κ1) is 27.6. The normalized spacial score (nSPS) is 17.5. The van der Waals surface area contributed by atoms with E-state index in [2.05, 4.69) is 10.1 Å². The van der Waals surface area contributed by atoms with E-state index in [-0.39, 0.29) is 55.8 Å². The average Bonchev–Trinajstić information content (AvgIpc) is 2.93. The molecule has 12 nitrogen and oxygen atoms in total. The third-order valence-electron chi connectivity index (χ3n) is 7.45. The summed E-state index contributed by atoms with van der Waals surface area (Å²) >= 11 is 0. The highest BCUT2D eigenvalue weighted by Gasteiger charge is 2.43. The van der Waals surface area contributed by atoms with Crippen LogP contribution in [-0.2, 0) is 9.53 Å². The number of fused-ring (bicyclic) bond motifs is 5. The van der Waals surface area contributed by atoms with Gasteiger partial charge in [-0.2, -0.15) is 0 Å². The second-order valence-corrected chi connectivity index (χ2v) is 9.83. The maximum atomic E-state index is 13.6. The van der Waals surface area contributed by atoms with Gasteiger partial charge in [0.2, 0.25) is 0 Å². The first-order chi connectivity index (χ1) is 19.3. The van der Waals surface area contributed by atoms with Crippen LogP contribution in [0.1, 0.15) is 78.0 Å². The molecule has 2 aliphatic carbocycles. The number of esters is 1. The van der Waals surface area contributed by atoms with Gasteiger partial charge in [-0.05, 0) is 42.7 Å². The lowest BCUT2D eigenvalue weighted by Crippen LogP contribution is -2.39. The van der Waals surface area contributed by atoms with Crippen LogP contribution in [0.5, 0.6) is 23.0 Å². The highest BCUT2D eigenvalue weighted by molar-refractivity contribution is 6.31. The fourth-order valence-electron chi connectivity index (χ4n) is 5.45. The lowest BCUT2D eigenvalue weighted by molar-refractivity contribution is -0.142. The Morgan fingerprint density at radius 3 is 2.00 bits per heavy atom. The van der Waals surface area contributed by atoms with Crippen molar-refractivity contribution in [3.63, 3.8) is 0 Å². The number of hydrogen-bond donors (Lipinski definition) is 6. The number of aliphatic hydroxyl groups excluding tert-OH is 2. The Kier molecular flexibility index (Phi) is 6.47. The summed E-state index contributed by atoms with van der Waals surface area (Å²) in [5, 5.41) is 57.7. The van der Waals surface area contributed by atoms with Crippen molar-refractivity contribution in [3.05, 3.63) is 68.8 Å². The third kappa shape index (κ3) is 3.90. The molecule has 12 heteroatoms. The van der Waals surface area contributed by atoms with Crippen molar-refractivity contribution < 1.29 is 54.2 Å². The molecule has 5 rings (SSSR count). The molecule has 6 N–H and O–H groups in total. The van der Waals surface area contributed by atoms with E-state index in [1.165, 1.54) is 33.1 Å². The Bertz CT molecular complexity index is 1710. The molecule has 41 heavy (non-hydrogen) atoms. The van der Waals surface area contributed by atoms with Crippen LogP contribution in [0.3, 0.4) is 0 Å².